The highest BCUT2D eigenvalue weighted by Gasteiger charge is 2.04. The minimum Gasteiger partial charge on any atom is -0.469 e. The Labute approximate surface area is 65.6 Å². The molecule has 60 valence electrons. The number of allylic oxidation sites excluding steroid dienone is 1. The van der Waals surface area contributed by atoms with E-state index in [9.17, 15) is 0 Å². The van der Waals surface area contributed by atoms with Gasteiger partial charge < -0.3 is 14.6 Å². The molecule has 1 rings (SSSR count). The molecule has 0 aromatic heterocycles. The van der Waals surface area contributed by atoms with Crippen molar-refractivity contribution in [1.82, 2.24) is 0 Å². The van der Waals surface area contributed by atoms with Crippen molar-refractivity contribution in [2.24, 2.45) is 0 Å². The Morgan fingerprint density at radius 2 is 2.55 bits per heavy atom. The average Bonchev–Trinajstić information content (AvgIpc) is 2.39. The molecule has 1 atom stereocenters. The fraction of sp³-hybridized carbons (Fsp3) is 0.500. The van der Waals surface area contributed by atoms with E-state index >= 15 is 0 Å². The first-order valence-corrected chi connectivity index (χ1v) is 3.38. The van der Waals surface area contributed by atoms with Crippen molar-refractivity contribution in [2.75, 3.05) is 13.4 Å². The van der Waals surface area contributed by atoms with Gasteiger partial charge in [0.1, 0.15) is 18.5 Å². The fourth-order valence-electron chi connectivity index (χ4n) is 0.627. The highest BCUT2D eigenvalue weighted by Crippen LogP contribution is 2.05. The standard InChI is InChI=1S/C8H10O3/c1-7(9)3-2-4-8-5-10-6-11-8/h4,7,9H,5-6H2,1H3. The van der Waals surface area contributed by atoms with E-state index in [0.717, 1.165) is 5.76 Å². The molecule has 1 N–H and O–H groups in total. The molecule has 0 aromatic carbocycles. The molecule has 1 aliphatic heterocycles. The monoisotopic (exact) mass is 154 g/mol. The minimum absolute atomic E-state index is 0.308. The van der Waals surface area contributed by atoms with E-state index in [2.05, 4.69) is 11.8 Å². The van der Waals surface area contributed by atoms with Crippen LogP contribution in [0.3, 0.4) is 0 Å². The summed E-state index contributed by atoms with van der Waals surface area (Å²) in [5.41, 5.74) is 0. The van der Waals surface area contributed by atoms with Gasteiger partial charge in [-0.1, -0.05) is 11.8 Å². The maximum absolute atomic E-state index is 8.75. The molecule has 0 bridgehead atoms. The van der Waals surface area contributed by atoms with E-state index in [1.807, 2.05) is 0 Å². The summed E-state index contributed by atoms with van der Waals surface area (Å²) in [5.74, 6) is 5.95. The van der Waals surface area contributed by atoms with Crippen molar-refractivity contribution < 1.29 is 14.6 Å². The SMILES string of the molecule is CC(O)C#CC=C1COCO1. The number of aliphatic hydroxyl groups excluding tert-OH is 1. The molecule has 0 spiro atoms. The van der Waals surface area contributed by atoms with Gasteiger partial charge in [-0.3, -0.25) is 0 Å². The summed E-state index contributed by atoms with van der Waals surface area (Å²) in [6.45, 7) is 2.40. The van der Waals surface area contributed by atoms with Crippen LogP contribution in [-0.4, -0.2) is 24.6 Å². The topological polar surface area (TPSA) is 38.7 Å². The van der Waals surface area contributed by atoms with E-state index in [0.29, 0.717) is 13.4 Å². The zero-order valence-electron chi connectivity index (χ0n) is 6.33. The van der Waals surface area contributed by atoms with Crippen LogP contribution in [-0.2, 0) is 9.47 Å². The molecular weight excluding hydrogens is 144 g/mol. The second-order valence-electron chi connectivity index (χ2n) is 2.19. The molecule has 0 aliphatic carbocycles. The Morgan fingerprint density at radius 1 is 1.73 bits per heavy atom. The van der Waals surface area contributed by atoms with Gasteiger partial charge in [-0.05, 0) is 6.92 Å². The lowest BCUT2D eigenvalue weighted by molar-refractivity contribution is 0.0800. The number of rotatable bonds is 0. The van der Waals surface area contributed by atoms with E-state index in [1.165, 1.54) is 0 Å². The number of hydrogen-bond acceptors (Lipinski definition) is 3. The van der Waals surface area contributed by atoms with Crippen LogP contribution in [0.25, 0.3) is 0 Å². The van der Waals surface area contributed by atoms with Crippen LogP contribution in [0.4, 0.5) is 0 Å². The van der Waals surface area contributed by atoms with Crippen molar-refractivity contribution in [2.45, 2.75) is 13.0 Å². The van der Waals surface area contributed by atoms with Gasteiger partial charge in [0, 0.05) is 6.08 Å². The van der Waals surface area contributed by atoms with Crippen molar-refractivity contribution in [3.05, 3.63) is 11.8 Å². The van der Waals surface area contributed by atoms with E-state index in [-0.39, 0.29) is 0 Å². The normalized spacial score (nSPS) is 22.2. The smallest absolute Gasteiger partial charge is 0.189 e. The Kier molecular flexibility index (Phi) is 2.96. The largest absolute Gasteiger partial charge is 0.469 e. The molecule has 0 radical (unpaired) electrons. The molecule has 3 heteroatoms. The molecule has 1 unspecified atom stereocenters. The summed E-state index contributed by atoms with van der Waals surface area (Å²) in [7, 11) is 0. The molecule has 1 saturated heterocycles. The van der Waals surface area contributed by atoms with Gasteiger partial charge in [0.15, 0.2) is 6.79 Å². The first-order valence-electron chi connectivity index (χ1n) is 3.38. The predicted octanol–water partition coefficient (Wildman–Crippen LogP) is 0.259. The Balaban J connectivity index is 2.41. The molecule has 3 nitrogen and oxygen atoms in total. The Hall–Kier alpha value is -0.980. The van der Waals surface area contributed by atoms with Gasteiger partial charge in [-0.15, -0.1) is 0 Å². The first-order chi connectivity index (χ1) is 5.29. The second kappa shape index (κ2) is 4.02. The molecule has 0 aromatic rings. The van der Waals surface area contributed by atoms with Crippen LogP contribution in [0.5, 0.6) is 0 Å². The van der Waals surface area contributed by atoms with Crippen LogP contribution in [0, 0.1) is 11.8 Å². The van der Waals surface area contributed by atoms with Crippen molar-refractivity contribution in [3.8, 4) is 11.8 Å². The molecule has 1 aliphatic rings. The van der Waals surface area contributed by atoms with Crippen LogP contribution in [0.2, 0.25) is 0 Å². The number of aliphatic hydroxyl groups is 1. The van der Waals surface area contributed by atoms with Crippen LogP contribution < -0.4 is 0 Å². The summed E-state index contributed by atoms with van der Waals surface area (Å²) < 4.78 is 9.88. The van der Waals surface area contributed by atoms with E-state index in [1.54, 1.807) is 13.0 Å². The maximum atomic E-state index is 8.75. The molecule has 1 heterocycles. The van der Waals surface area contributed by atoms with Crippen LogP contribution >= 0.6 is 0 Å². The Bertz CT molecular complexity index is 199. The highest BCUT2D eigenvalue weighted by atomic mass is 16.7. The summed E-state index contributed by atoms with van der Waals surface area (Å²) in [6.07, 6.45) is 1.02. The summed E-state index contributed by atoms with van der Waals surface area (Å²) in [5, 5.41) is 8.75. The van der Waals surface area contributed by atoms with Gasteiger partial charge in [0.05, 0.1) is 0 Å². The third kappa shape index (κ3) is 3.08. The van der Waals surface area contributed by atoms with E-state index < -0.39 is 6.10 Å². The lowest BCUT2D eigenvalue weighted by Gasteiger charge is -1.89. The summed E-state index contributed by atoms with van der Waals surface area (Å²) >= 11 is 0. The zero-order chi connectivity index (χ0) is 8.10. The third-order valence-electron chi connectivity index (χ3n) is 1.10. The summed E-state index contributed by atoms with van der Waals surface area (Å²) in [6, 6.07) is 0. The molecule has 1 fully saturated rings. The van der Waals surface area contributed by atoms with Gasteiger partial charge in [0.2, 0.25) is 0 Å². The quantitative estimate of drug-likeness (QED) is 0.508. The third-order valence-corrected chi connectivity index (χ3v) is 1.10. The number of hydrogen-bond donors (Lipinski definition) is 1. The Morgan fingerprint density at radius 3 is 3.09 bits per heavy atom. The lowest BCUT2D eigenvalue weighted by Crippen LogP contribution is -1.92. The van der Waals surface area contributed by atoms with Gasteiger partial charge in [0.25, 0.3) is 0 Å². The predicted molar refractivity (Wildman–Crippen MR) is 39.4 cm³/mol. The number of ether oxygens (including phenoxy) is 2. The zero-order valence-corrected chi connectivity index (χ0v) is 6.33. The fourth-order valence-corrected chi connectivity index (χ4v) is 0.627. The molecule has 11 heavy (non-hydrogen) atoms. The van der Waals surface area contributed by atoms with Gasteiger partial charge >= 0.3 is 0 Å². The van der Waals surface area contributed by atoms with Crippen LogP contribution in [0.15, 0.2) is 11.8 Å². The molecule has 0 amide bonds. The molecule has 0 saturated carbocycles. The van der Waals surface area contributed by atoms with Crippen molar-refractivity contribution in [1.29, 1.82) is 0 Å². The van der Waals surface area contributed by atoms with Crippen LogP contribution in [0.1, 0.15) is 6.92 Å². The minimum atomic E-state index is -0.589. The second-order valence-corrected chi connectivity index (χ2v) is 2.19. The maximum Gasteiger partial charge on any atom is 0.189 e. The van der Waals surface area contributed by atoms with Gasteiger partial charge in [-0.2, -0.15) is 0 Å². The summed E-state index contributed by atoms with van der Waals surface area (Å²) in [4.78, 5) is 0. The first kappa shape index (κ1) is 8.12. The molecular formula is C8H10O3. The lowest BCUT2D eigenvalue weighted by atomic mass is 10.4. The van der Waals surface area contributed by atoms with E-state index in [4.69, 9.17) is 14.6 Å². The van der Waals surface area contributed by atoms with Crippen molar-refractivity contribution in [3.63, 3.8) is 0 Å². The van der Waals surface area contributed by atoms with Gasteiger partial charge in [-0.25, -0.2) is 0 Å². The average molecular weight is 154 g/mol. The highest BCUT2D eigenvalue weighted by molar-refractivity contribution is 5.20. The van der Waals surface area contributed by atoms with Crippen molar-refractivity contribution >= 4 is 0 Å².